The first-order valence-corrected chi connectivity index (χ1v) is 10.1. The first kappa shape index (κ1) is 21.1. The third-order valence-electron chi connectivity index (χ3n) is 5.75. The molecule has 4 rings (SSSR count). The number of likely N-dealkylation sites (tertiary alicyclic amines) is 1. The molecule has 2 N–H and O–H groups in total. The van der Waals surface area contributed by atoms with Gasteiger partial charge in [-0.05, 0) is 50.9 Å². The van der Waals surface area contributed by atoms with Crippen LogP contribution in [-0.4, -0.2) is 58.0 Å². The molecule has 10 heteroatoms. The highest BCUT2D eigenvalue weighted by Gasteiger charge is 2.36. The molecule has 0 radical (unpaired) electrons. The van der Waals surface area contributed by atoms with Gasteiger partial charge in [-0.25, -0.2) is 4.68 Å². The molecule has 162 valence electrons. The van der Waals surface area contributed by atoms with Crippen molar-refractivity contribution in [3.05, 3.63) is 45.7 Å². The Bertz CT molecular complexity index is 991. The lowest BCUT2D eigenvalue weighted by molar-refractivity contribution is -0.137. The van der Waals surface area contributed by atoms with Gasteiger partial charge < -0.3 is 15.3 Å². The molecule has 1 atom stereocenters. The van der Waals surface area contributed by atoms with E-state index in [0.717, 1.165) is 30.7 Å². The molecule has 1 unspecified atom stereocenters. The number of carbonyl (C=O) groups is 1. The van der Waals surface area contributed by atoms with Crippen molar-refractivity contribution in [1.29, 1.82) is 0 Å². The van der Waals surface area contributed by atoms with E-state index < -0.39 is 23.2 Å². The van der Waals surface area contributed by atoms with Gasteiger partial charge in [0.05, 0.1) is 21.9 Å². The van der Waals surface area contributed by atoms with Gasteiger partial charge in [0, 0.05) is 30.9 Å². The highest BCUT2D eigenvalue weighted by atomic mass is 35.5. The maximum atomic E-state index is 13.2. The van der Waals surface area contributed by atoms with Gasteiger partial charge in [0.1, 0.15) is 0 Å². The summed E-state index contributed by atoms with van der Waals surface area (Å²) in [4.78, 5) is 14.8. The van der Waals surface area contributed by atoms with Crippen LogP contribution < -0.4 is 5.32 Å². The third kappa shape index (κ3) is 3.93. The zero-order chi connectivity index (χ0) is 21.7. The number of alkyl halides is 3. The van der Waals surface area contributed by atoms with Gasteiger partial charge in [-0.2, -0.15) is 18.3 Å². The predicted octanol–water partition coefficient (Wildman–Crippen LogP) is 2.83. The number of hydrogen-bond donors (Lipinski definition) is 2. The van der Waals surface area contributed by atoms with E-state index >= 15 is 0 Å². The van der Waals surface area contributed by atoms with Crippen LogP contribution in [0.4, 0.5) is 13.2 Å². The monoisotopic (exact) mass is 442 g/mol. The molecule has 1 saturated heterocycles. The second-order valence-electron chi connectivity index (χ2n) is 8.10. The molecular formula is C20H22ClF3N4O2. The molecule has 0 spiro atoms. The van der Waals surface area contributed by atoms with Crippen molar-refractivity contribution in [2.75, 3.05) is 26.7 Å². The minimum absolute atomic E-state index is 0.0854. The van der Waals surface area contributed by atoms with Crippen molar-refractivity contribution in [2.45, 2.75) is 37.5 Å². The zero-order valence-corrected chi connectivity index (χ0v) is 17.1. The molecule has 1 aromatic heterocycles. The Hall–Kier alpha value is -2.10. The molecule has 1 fully saturated rings. The smallest absolute Gasteiger partial charge is 0.387 e. The van der Waals surface area contributed by atoms with E-state index in [9.17, 15) is 23.1 Å². The number of likely N-dealkylation sites (N-methyl/N-ethyl adjacent to an activating group) is 1. The molecule has 2 aromatic rings. The van der Waals surface area contributed by atoms with Crippen molar-refractivity contribution in [3.63, 3.8) is 0 Å². The van der Waals surface area contributed by atoms with Crippen LogP contribution in [0, 0.1) is 0 Å². The summed E-state index contributed by atoms with van der Waals surface area (Å²) in [5.74, 6) is -0.446. The lowest BCUT2D eigenvalue weighted by Gasteiger charge is -2.22. The summed E-state index contributed by atoms with van der Waals surface area (Å²) in [7, 11) is 1.90. The van der Waals surface area contributed by atoms with E-state index in [1.807, 2.05) is 11.9 Å². The summed E-state index contributed by atoms with van der Waals surface area (Å²) in [6.45, 7) is 1.28. The van der Waals surface area contributed by atoms with Gasteiger partial charge >= 0.3 is 6.18 Å². The molecule has 2 heterocycles. The summed E-state index contributed by atoms with van der Waals surface area (Å²) in [6, 6.07) is 3.06. The van der Waals surface area contributed by atoms with Gasteiger partial charge in [-0.1, -0.05) is 11.6 Å². The van der Waals surface area contributed by atoms with E-state index in [4.69, 9.17) is 11.6 Å². The minimum Gasteiger partial charge on any atom is -0.387 e. The molecule has 1 aliphatic heterocycles. The van der Waals surface area contributed by atoms with Crippen molar-refractivity contribution in [2.24, 2.45) is 0 Å². The SMILES string of the molecule is CN1CCC(O)(CNC(=O)c2nn(-c3cc(C(F)(F)F)ccc3Cl)c3c2CCC3)C1. The fourth-order valence-electron chi connectivity index (χ4n) is 4.20. The fourth-order valence-corrected chi connectivity index (χ4v) is 4.40. The summed E-state index contributed by atoms with van der Waals surface area (Å²) >= 11 is 6.18. The number of fused-ring (bicyclic) bond motifs is 1. The van der Waals surface area contributed by atoms with Crippen LogP contribution in [0.25, 0.3) is 5.69 Å². The topological polar surface area (TPSA) is 70.4 Å². The van der Waals surface area contributed by atoms with Crippen LogP contribution in [0.5, 0.6) is 0 Å². The molecule has 1 aromatic carbocycles. The highest BCUT2D eigenvalue weighted by Crippen LogP contribution is 2.35. The number of hydrogen-bond acceptors (Lipinski definition) is 4. The van der Waals surface area contributed by atoms with E-state index in [2.05, 4.69) is 10.4 Å². The number of nitrogens with one attached hydrogen (secondary N) is 1. The number of nitrogens with zero attached hydrogens (tertiary/aromatic N) is 3. The summed E-state index contributed by atoms with van der Waals surface area (Å²) < 4.78 is 40.9. The normalized spacial score (nSPS) is 21.8. The van der Waals surface area contributed by atoms with Gasteiger partial charge in [-0.3, -0.25) is 4.79 Å². The van der Waals surface area contributed by atoms with Crippen molar-refractivity contribution in [1.82, 2.24) is 20.0 Å². The average molecular weight is 443 g/mol. The van der Waals surface area contributed by atoms with Crippen molar-refractivity contribution >= 4 is 17.5 Å². The Labute approximate surface area is 176 Å². The van der Waals surface area contributed by atoms with Gasteiger partial charge in [0.15, 0.2) is 5.69 Å². The van der Waals surface area contributed by atoms with Crippen LogP contribution in [-0.2, 0) is 19.0 Å². The second kappa shape index (κ2) is 7.55. The minimum atomic E-state index is -4.51. The zero-order valence-electron chi connectivity index (χ0n) is 16.4. The van der Waals surface area contributed by atoms with Gasteiger partial charge in [-0.15, -0.1) is 0 Å². The quantitative estimate of drug-likeness (QED) is 0.764. The first-order chi connectivity index (χ1) is 14.1. The summed E-state index contributed by atoms with van der Waals surface area (Å²) in [6.07, 6.45) is -1.98. The molecule has 0 bridgehead atoms. The Balaban J connectivity index is 1.64. The van der Waals surface area contributed by atoms with Crippen LogP contribution in [0.1, 0.15) is 40.2 Å². The average Bonchev–Trinajstić information content (AvgIpc) is 3.35. The molecule has 30 heavy (non-hydrogen) atoms. The third-order valence-corrected chi connectivity index (χ3v) is 6.07. The van der Waals surface area contributed by atoms with Crippen LogP contribution in [0.2, 0.25) is 5.02 Å². The van der Waals surface area contributed by atoms with Crippen LogP contribution in [0.15, 0.2) is 18.2 Å². The van der Waals surface area contributed by atoms with Crippen LogP contribution >= 0.6 is 11.6 Å². The number of aliphatic hydroxyl groups is 1. The standard InChI is InChI=1S/C20H22ClF3N4O2/c1-27-8-7-19(30,11-27)10-25-18(29)17-13-3-2-4-15(13)28(26-17)16-9-12(20(22,23)24)5-6-14(16)21/h5-6,9,30H,2-4,7-8,10-11H2,1H3,(H,25,29). The number of amides is 1. The fraction of sp³-hybridized carbons (Fsp3) is 0.500. The molecule has 2 aliphatic rings. The van der Waals surface area contributed by atoms with E-state index in [0.29, 0.717) is 31.5 Å². The Morgan fingerprint density at radius 2 is 2.13 bits per heavy atom. The molecule has 1 aliphatic carbocycles. The second-order valence-corrected chi connectivity index (χ2v) is 8.51. The number of aromatic nitrogens is 2. The Kier molecular flexibility index (Phi) is 5.32. The Morgan fingerprint density at radius 3 is 2.80 bits per heavy atom. The van der Waals surface area contributed by atoms with E-state index in [-0.39, 0.29) is 22.9 Å². The Morgan fingerprint density at radius 1 is 1.37 bits per heavy atom. The molecule has 6 nitrogen and oxygen atoms in total. The number of β-amino-alcohol motifs (C(OH)–C–C–N with tert-alkyl or cyclic N) is 1. The number of benzene rings is 1. The van der Waals surface area contributed by atoms with Gasteiger partial charge in [0.25, 0.3) is 5.91 Å². The highest BCUT2D eigenvalue weighted by molar-refractivity contribution is 6.32. The number of halogens is 4. The number of rotatable bonds is 4. The van der Waals surface area contributed by atoms with Crippen molar-refractivity contribution in [3.8, 4) is 5.69 Å². The van der Waals surface area contributed by atoms with E-state index in [1.165, 1.54) is 10.7 Å². The van der Waals surface area contributed by atoms with Gasteiger partial charge in [0.2, 0.25) is 0 Å². The maximum Gasteiger partial charge on any atom is 0.416 e. The first-order valence-electron chi connectivity index (χ1n) is 9.74. The molecule has 1 amide bonds. The molecule has 0 saturated carbocycles. The molecular weight excluding hydrogens is 421 g/mol. The number of carbonyl (C=O) groups excluding carboxylic acids is 1. The van der Waals surface area contributed by atoms with E-state index in [1.54, 1.807) is 0 Å². The largest absolute Gasteiger partial charge is 0.416 e. The summed E-state index contributed by atoms with van der Waals surface area (Å²) in [5, 5.41) is 17.8. The van der Waals surface area contributed by atoms with Crippen LogP contribution in [0.3, 0.4) is 0 Å². The summed E-state index contributed by atoms with van der Waals surface area (Å²) in [5.41, 5.74) is -0.147. The predicted molar refractivity (Wildman–Crippen MR) is 105 cm³/mol. The lowest BCUT2D eigenvalue weighted by atomic mass is 10.0. The maximum absolute atomic E-state index is 13.2. The lowest BCUT2D eigenvalue weighted by Crippen LogP contribution is -2.44. The van der Waals surface area contributed by atoms with Crippen molar-refractivity contribution < 1.29 is 23.1 Å².